The van der Waals surface area contributed by atoms with Gasteiger partial charge in [0.25, 0.3) is 0 Å². The van der Waals surface area contributed by atoms with Crippen molar-refractivity contribution < 1.29 is 0 Å². The quantitative estimate of drug-likeness (QED) is 0.308. The Bertz CT molecular complexity index is 1290. The smallest absolute Gasteiger partial charge is 0.0561 e. The summed E-state index contributed by atoms with van der Waals surface area (Å²) >= 11 is 0. The van der Waals surface area contributed by atoms with Gasteiger partial charge in [-0.25, -0.2) is 0 Å². The highest BCUT2D eigenvalue weighted by Gasteiger charge is 2.43. The molecule has 0 heterocycles. The molecule has 0 aliphatic heterocycles. The van der Waals surface area contributed by atoms with Crippen LogP contribution in [0.1, 0.15) is 101 Å². The molecule has 0 heteroatoms. The normalized spacial score (nSPS) is 19.0. The second-order valence-electron chi connectivity index (χ2n) is 12.7. The zero-order valence-electron chi connectivity index (χ0n) is 23.9. The molecule has 2 aromatic rings. The van der Waals surface area contributed by atoms with Gasteiger partial charge in [-0.1, -0.05) is 113 Å². The van der Waals surface area contributed by atoms with Crippen LogP contribution in [0.5, 0.6) is 0 Å². The van der Waals surface area contributed by atoms with Crippen LogP contribution in [0.15, 0.2) is 78.9 Å². The lowest BCUT2D eigenvalue weighted by atomic mass is 9.80. The van der Waals surface area contributed by atoms with Gasteiger partial charge in [-0.05, 0) is 95.4 Å². The fourth-order valence-electron chi connectivity index (χ4n) is 5.76. The highest BCUT2D eigenvalue weighted by atomic mass is 14.4. The van der Waals surface area contributed by atoms with Crippen LogP contribution < -0.4 is 0 Å². The van der Waals surface area contributed by atoms with Crippen molar-refractivity contribution in [2.75, 3.05) is 0 Å². The lowest BCUT2D eigenvalue weighted by Gasteiger charge is -2.24. The van der Waals surface area contributed by atoms with Crippen molar-refractivity contribution in [2.24, 2.45) is 11.3 Å². The Labute approximate surface area is 226 Å². The van der Waals surface area contributed by atoms with Crippen molar-refractivity contribution in [3.8, 4) is 12.3 Å². The number of benzene rings is 2. The third kappa shape index (κ3) is 6.10. The fraction of sp³-hybridized carbons (Fsp3) is 0.405. The Morgan fingerprint density at radius 1 is 1.05 bits per heavy atom. The van der Waals surface area contributed by atoms with Gasteiger partial charge in [-0.3, -0.25) is 0 Å². The van der Waals surface area contributed by atoms with Crippen molar-refractivity contribution in [1.29, 1.82) is 0 Å². The van der Waals surface area contributed by atoms with E-state index in [9.17, 15) is 0 Å². The molecule has 1 unspecified atom stereocenters. The fourth-order valence-corrected chi connectivity index (χ4v) is 5.76. The SMILES string of the molecule is C#CC1(c2cc(CC(C)(C)C)cc(C(=C)C[C@@H](C)C3=CC(C)=CC3c3ccc(C(=C)CC)cc3)c2)CC1. The molecular weight excluding hydrogens is 444 g/mol. The van der Waals surface area contributed by atoms with Crippen LogP contribution in [0.3, 0.4) is 0 Å². The predicted octanol–water partition coefficient (Wildman–Crippen LogP) is 10.1. The molecule has 0 N–H and O–H groups in total. The van der Waals surface area contributed by atoms with E-state index in [1.54, 1.807) is 0 Å². The summed E-state index contributed by atoms with van der Waals surface area (Å²) < 4.78 is 0. The topological polar surface area (TPSA) is 0 Å². The maximum Gasteiger partial charge on any atom is 0.0561 e. The second kappa shape index (κ2) is 10.4. The minimum atomic E-state index is -0.0656. The summed E-state index contributed by atoms with van der Waals surface area (Å²) in [6.45, 7) is 22.4. The van der Waals surface area contributed by atoms with Gasteiger partial charge in [0.15, 0.2) is 0 Å². The van der Waals surface area contributed by atoms with Crippen molar-refractivity contribution in [1.82, 2.24) is 0 Å². The summed E-state index contributed by atoms with van der Waals surface area (Å²) in [5, 5.41) is 0. The molecule has 0 amide bonds. The minimum Gasteiger partial charge on any atom is -0.119 e. The van der Waals surface area contributed by atoms with Crippen LogP contribution >= 0.6 is 0 Å². The maximum atomic E-state index is 5.99. The summed E-state index contributed by atoms with van der Waals surface area (Å²) in [5.74, 6) is 3.82. The van der Waals surface area contributed by atoms with Crippen LogP contribution in [-0.4, -0.2) is 0 Å². The average molecular weight is 489 g/mol. The zero-order chi connectivity index (χ0) is 27.0. The Morgan fingerprint density at radius 2 is 1.73 bits per heavy atom. The molecule has 0 aromatic heterocycles. The van der Waals surface area contributed by atoms with Crippen LogP contribution in [0.2, 0.25) is 0 Å². The molecule has 2 aliphatic rings. The van der Waals surface area contributed by atoms with Gasteiger partial charge in [-0.2, -0.15) is 0 Å². The molecule has 37 heavy (non-hydrogen) atoms. The zero-order valence-corrected chi connectivity index (χ0v) is 23.9. The van der Waals surface area contributed by atoms with Crippen molar-refractivity contribution in [3.05, 3.63) is 107 Å². The summed E-state index contributed by atoms with van der Waals surface area (Å²) in [7, 11) is 0. The van der Waals surface area contributed by atoms with E-state index >= 15 is 0 Å². The standard InChI is InChI=1S/C37H44/c1-10-26(4)30-12-14-31(15-13-30)35-19-25(3)18-34(35)28(6)20-27(5)32-21-29(24-36(7,8)9)22-33(23-32)37(11-2)16-17-37/h2,12-15,18-19,21-23,28,35H,4-5,10,16-17,20,24H2,1,3,6-9H3/t28-,35?/m1/s1. The second-order valence-corrected chi connectivity index (χ2v) is 12.7. The van der Waals surface area contributed by atoms with Crippen LogP contribution in [0, 0.1) is 23.7 Å². The lowest BCUT2D eigenvalue weighted by molar-refractivity contribution is 0.411. The van der Waals surface area contributed by atoms with E-state index in [1.807, 2.05) is 0 Å². The minimum absolute atomic E-state index is 0.0656. The van der Waals surface area contributed by atoms with E-state index in [4.69, 9.17) is 6.42 Å². The molecule has 0 radical (unpaired) electrons. The van der Waals surface area contributed by atoms with Crippen molar-refractivity contribution >= 4 is 11.1 Å². The Kier molecular flexibility index (Phi) is 7.57. The van der Waals surface area contributed by atoms with Gasteiger partial charge in [0.2, 0.25) is 0 Å². The number of hydrogen-bond donors (Lipinski definition) is 0. The molecule has 0 saturated heterocycles. The third-order valence-corrected chi connectivity index (χ3v) is 8.12. The molecule has 2 atom stereocenters. The molecule has 1 saturated carbocycles. The van der Waals surface area contributed by atoms with E-state index in [1.165, 1.54) is 50.1 Å². The van der Waals surface area contributed by atoms with E-state index in [0.29, 0.717) is 11.8 Å². The molecule has 192 valence electrons. The van der Waals surface area contributed by atoms with Gasteiger partial charge < -0.3 is 0 Å². The van der Waals surface area contributed by atoms with Crippen LogP contribution in [0.25, 0.3) is 11.1 Å². The summed E-state index contributed by atoms with van der Waals surface area (Å²) in [6.07, 6.45) is 15.9. The monoisotopic (exact) mass is 488 g/mol. The largest absolute Gasteiger partial charge is 0.119 e. The molecular formula is C37H44. The summed E-state index contributed by atoms with van der Waals surface area (Å²) in [4.78, 5) is 0. The first kappa shape index (κ1) is 27.0. The first-order chi connectivity index (χ1) is 17.4. The first-order valence-corrected chi connectivity index (χ1v) is 13.9. The van der Waals surface area contributed by atoms with Crippen molar-refractivity contribution in [2.45, 2.75) is 85.0 Å². The highest BCUT2D eigenvalue weighted by molar-refractivity contribution is 5.67. The number of hydrogen-bond acceptors (Lipinski definition) is 0. The van der Waals surface area contributed by atoms with Crippen LogP contribution in [-0.2, 0) is 11.8 Å². The van der Waals surface area contributed by atoms with Gasteiger partial charge in [0.05, 0.1) is 5.41 Å². The molecule has 0 spiro atoms. The Balaban J connectivity index is 1.56. The van der Waals surface area contributed by atoms with E-state index in [-0.39, 0.29) is 10.8 Å². The van der Waals surface area contributed by atoms with E-state index in [0.717, 1.165) is 32.1 Å². The maximum absolute atomic E-state index is 5.99. The Hall–Kier alpha value is -3.04. The first-order valence-electron chi connectivity index (χ1n) is 13.9. The highest BCUT2D eigenvalue weighted by Crippen LogP contribution is 2.49. The van der Waals surface area contributed by atoms with Gasteiger partial charge in [-0.15, -0.1) is 6.42 Å². The lowest BCUT2D eigenvalue weighted by Crippen LogP contribution is -2.12. The summed E-state index contributed by atoms with van der Waals surface area (Å²) in [6, 6.07) is 16.1. The average Bonchev–Trinajstić information content (AvgIpc) is 3.56. The Morgan fingerprint density at radius 3 is 2.30 bits per heavy atom. The van der Waals surface area contributed by atoms with E-state index in [2.05, 4.69) is 115 Å². The molecule has 4 rings (SSSR count). The molecule has 1 fully saturated rings. The van der Waals surface area contributed by atoms with Gasteiger partial charge in [0, 0.05) is 5.92 Å². The third-order valence-electron chi connectivity index (χ3n) is 8.12. The molecule has 2 aromatic carbocycles. The van der Waals surface area contributed by atoms with Crippen molar-refractivity contribution in [3.63, 3.8) is 0 Å². The molecule has 0 nitrogen and oxygen atoms in total. The van der Waals surface area contributed by atoms with E-state index < -0.39 is 0 Å². The summed E-state index contributed by atoms with van der Waals surface area (Å²) in [5.41, 5.74) is 11.9. The van der Waals surface area contributed by atoms with Gasteiger partial charge in [0.1, 0.15) is 0 Å². The number of rotatable bonds is 9. The number of allylic oxidation sites excluding steroid dienone is 6. The molecule has 2 aliphatic carbocycles. The molecule has 0 bridgehead atoms. The van der Waals surface area contributed by atoms with Gasteiger partial charge >= 0.3 is 0 Å². The predicted molar refractivity (Wildman–Crippen MR) is 163 cm³/mol. The number of terminal acetylenes is 1. The van der Waals surface area contributed by atoms with Crippen LogP contribution in [0.4, 0.5) is 0 Å².